The Morgan fingerprint density at radius 3 is 2.55 bits per heavy atom. The second kappa shape index (κ2) is 9.70. The number of carbonyl (C=O) groups excluding carboxylic acids is 1. The van der Waals surface area contributed by atoms with Crippen molar-refractivity contribution in [3.63, 3.8) is 0 Å². The van der Waals surface area contributed by atoms with E-state index < -0.39 is 5.60 Å². The first-order valence-electron chi connectivity index (χ1n) is 13.6. The molecule has 0 aromatic carbocycles. The van der Waals surface area contributed by atoms with Crippen LogP contribution in [0.15, 0.2) is 11.6 Å². The Morgan fingerprint density at radius 2 is 1.87 bits per heavy atom. The first-order valence-corrected chi connectivity index (χ1v) is 13.6. The summed E-state index contributed by atoms with van der Waals surface area (Å²) in [6.45, 7) is 13.8. The van der Waals surface area contributed by atoms with Crippen LogP contribution in [0.4, 0.5) is 0 Å². The van der Waals surface area contributed by atoms with Crippen LogP contribution < -0.4 is 0 Å². The normalized spacial score (nSPS) is 44.7. The maximum atomic E-state index is 10.9. The number of rotatable bonds is 6. The van der Waals surface area contributed by atoms with Crippen LogP contribution in [0, 0.1) is 40.4 Å². The molecule has 0 spiro atoms. The molecule has 0 saturated heterocycles. The van der Waals surface area contributed by atoms with Crippen molar-refractivity contribution in [3.8, 4) is 0 Å². The van der Waals surface area contributed by atoms with Crippen LogP contribution in [0.3, 0.4) is 0 Å². The van der Waals surface area contributed by atoms with Crippen LogP contribution in [0.1, 0.15) is 119 Å². The second-order valence-electron chi connectivity index (χ2n) is 11.8. The smallest absolute Gasteiger partial charge is 0.119 e. The molecule has 3 saturated carbocycles. The SMILES string of the molecule is CC.CC[C@]1(O)CCC2(C)C(=CCC3C2CCC2(C)C3CCC2[C@H](C)CCCC=O)C1. The van der Waals surface area contributed by atoms with Gasteiger partial charge in [0.05, 0.1) is 5.60 Å². The third-order valence-electron chi connectivity index (χ3n) is 10.7. The highest BCUT2D eigenvalue weighted by atomic mass is 16.3. The van der Waals surface area contributed by atoms with Crippen molar-refractivity contribution in [1.82, 2.24) is 0 Å². The summed E-state index contributed by atoms with van der Waals surface area (Å²) in [6.07, 6.45) is 17.5. The number of aldehydes is 1. The van der Waals surface area contributed by atoms with E-state index >= 15 is 0 Å². The van der Waals surface area contributed by atoms with Crippen LogP contribution in [-0.4, -0.2) is 17.0 Å². The van der Waals surface area contributed by atoms with Crippen molar-refractivity contribution >= 4 is 6.29 Å². The lowest BCUT2D eigenvalue weighted by Crippen LogP contribution is -2.52. The zero-order chi connectivity index (χ0) is 22.9. The fourth-order valence-corrected chi connectivity index (χ4v) is 8.71. The van der Waals surface area contributed by atoms with Crippen molar-refractivity contribution in [2.45, 2.75) is 124 Å². The minimum atomic E-state index is -0.448. The third kappa shape index (κ3) is 4.32. The Bertz CT molecular complexity index is 653. The Morgan fingerprint density at radius 1 is 1.13 bits per heavy atom. The molecule has 1 N–H and O–H groups in total. The Balaban J connectivity index is 0.00000132. The molecule has 0 aromatic heterocycles. The molecule has 4 aliphatic carbocycles. The standard InChI is InChI=1S/C27H44O2.C2H6/c1-5-27(29)16-15-25(3)20(18-27)9-10-21-23-12-11-22(19(2)8-6-7-17-28)26(23,4)14-13-24(21)25;1-2/h9,17,19,21-24,29H,5-8,10-16,18H2,1-4H3;1-2H3/t19-,21?,22?,23?,24?,25?,26?,27+;/m1./s1. The molecule has 2 heteroatoms. The van der Waals surface area contributed by atoms with Crippen LogP contribution in [-0.2, 0) is 4.79 Å². The van der Waals surface area contributed by atoms with E-state index in [2.05, 4.69) is 33.8 Å². The lowest BCUT2D eigenvalue weighted by molar-refractivity contribution is -0.108. The predicted molar refractivity (Wildman–Crippen MR) is 131 cm³/mol. The second-order valence-corrected chi connectivity index (χ2v) is 11.8. The Kier molecular flexibility index (Phi) is 7.82. The van der Waals surface area contributed by atoms with E-state index in [0.29, 0.717) is 10.8 Å². The lowest BCUT2D eigenvalue weighted by atomic mass is 9.46. The van der Waals surface area contributed by atoms with Gasteiger partial charge in [0, 0.05) is 6.42 Å². The molecule has 0 bridgehead atoms. The van der Waals surface area contributed by atoms with Gasteiger partial charge in [0.2, 0.25) is 0 Å². The van der Waals surface area contributed by atoms with Crippen LogP contribution in [0.25, 0.3) is 0 Å². The van der Waals surface area contributed by atoms with Crippen LogP contribution >= 0.6 is 0 Å². The highest BCUT2D eigenvalue weighted by Gasteiger charge is 2.59. The van der Waals surface area contributed by atoms with Crippen molar-refractivity contribution in [1.29, 1.82) is 0 Å². The Hall–Kier alpha value is -0.630. The van der Waals surface area contributed by atoms with E-state index in [1.165, 1.54) is 44.9 Å². The van der Waals surface area contributed by atoms with Gasteiger partial charge in [-0.05, 0) is 105 Å². The molecule has 0 aromatic rings. The maximum absolute atomic E-state index is 10.9. The third-order valence-corrected chi connectivity index (χ3v) is 10.7. The zero-order valence-corrected chi connectivity index (χ0v) is 21.4. The molecule has 2 nitrogen and oxygen atoms in total. The quantitative estimate of drug-likeness (QED) is 0.266. The van der Waals surface area contributed by atoms with Gasteiger partial charge in [0.25, 0.3) is 0 Å². The molecule has 8 atom stereocenters. The molecule has 0 radical (unpaired) electrons. The topological polar surface area (TPSA) is 37.3 Å². The molecule has 31 heavy (non-hydrogen) atoms. The summed E-state index contributed by atoms with van der Waals surface area (Å²) in [6, 6.07) is 0. The molecule has 4 rings (SSSR count). The van der Waals surface area contributed by atoms with Crippen molar-refractivity contribution in [2.24, 2.45) is 40.4 Å². The van der Waals surface area contributed by atoms with Gasteiger partial charge in [-0.15, -0.1) is 0 Å². The van der Waals surface area contributed by atoms with E-state index in [-0.39, 0.29) is 0 Å². The molecule has 6 unspecified atom stereocenters. The molecule has 4 aliphatic rings. The van der Waals surface area contributed by atoms with Gasteiger partial charge in [-0.2, -0.15) is 0 Å². The molecule has 0 amide bonds. The van der Waals surface area contributed by atoms with E-state index in [0.717, 1.165) is 68.0 Å². The van der Waals surface area contributed by atoms with Crippen LogP contribution in [0.2, 0.25) is 0 Å². The van der Waals surface area contributed by atoms with Crippen molar-refractivity contribution < 1.29 is 9.90 Å². The van der Waals surface area contributed by atoms with Crippen LogP contribution in [0.5, 0.6) is 0 Å². The molecule has 0 heterocycles. The molecule has 0 aliphatic heterocycles. The number of unbranched alkanes of at least 4 members (excludes halogenated alkanes) is 1. The number of hydrogen-bond acceptors (Lipinski definition) is 2. The predicted octanol–water partition coefficient (Wildman–Crippen LogP) is 7.74. The maximum Gasteiger partial charge on any atom is 0.119 e. The number of carbonyl (C=O) groups is 1. The highest BCUT2D eigenvalue weighted by Crippen LogP contribution is 2.67. The van der Waals surface area contributed by atoms with E-state index in [1.54, 1.807) is 5.57 Å². The first-order chi connectivity index (χ1) is 14.8. The average Bonchev–Trinajstić information content (AvgIpc) is 3.13. The summed E-state index contributed by atoms with van der Waals surface area (Å²) < 4.78 is 0. The average molecular weight is 431 g/mol. The summed E-state index contributed by atoms with van der Waals surface area (Å²) in [5, 5.41) is 10.9. The van der Waals surface area contributed by atoms with E-state index in [9.17, 15) is 9.90 Å². The molecule has 3 fully saturated rings. The number of aliphatic hydroxyl groups is 1. The summed E-state index contributed by atoms with van der Waals surface area (Å²) in [7, 11) is 0. The molecular weight excluding hydrogens is 380 g/mol. The monoisotopic (exact) mass is 430 g/mol. The van der Waals surface area contributed by atoms with Gasteiger partial charge in [-0.1, -0.05) is 59.6 Å². The number of allylic oxidation sites excluding steroid dienone is 1. The molecule has 178 valence electrons. The fourth-order valence-electron chi connectivity index (χ4n) is 8.71. The number of fused-ring (bicyclic) bond motifs is 5. The molecular formula is C29H50O2. The van der Waals surface area contributed by atoms with Gasteiger partial charge in [-0.3, -0.25) is 0 Å². The largest absolute Gasteiger partial charge is 0.390 e. The lowest BCUT2D eigenvalue weighted by Gasteiger charge is -2.59. The fraction of sp³-hybridized carbons (Fsp3) is 0.897. The first kappa shape index (κ1) is 25.0. The van der Waals surface area contributed by atoms with Gasteiger partial charge in [0.15, 0.2) is 0 Å². The zero-order valence-electron chi connectivity index (χ0n) is 21.4. The van der Waals surface area contributed by atoms with E-state index in [1.807, 2.05) is 13.8 Å². The van der Waals surface area contributed by atoms with E-state index in [4.69, 9.17) is 0 Å². The summed E-state index contributed by atoms with van der Waals surface area (Å²) in [5.41, 5.74) is 1.98. The van der Waals surface area contributed by atoms with Gasteiger partial charge in [-0.25, -0.2) is 0 Å². The minimum Gasteiger partial charge on any atom is -0.390 e. The summed E-state index contributed by atoms with van der Waals surface area (Å²) in [5.74, 6) is 4.14. The number of hydrogen-bond donors (Lipinski definition) is 1. The van der Waals surface area contributed by atoms with Crippen molar-refractivity contribution in [3.05, 3.63) is 11.6 Å². The Labute approximate surface area is 192 Å². The van der Waals surface area contributed by atoms with Gasteiger partial charge >= 0.3 is 0 Å². The summed E-state index contributed by atoms with van der Waals surface area (Å²) in [4.78, 5) is 10.7. The van der Waals surface area contributed by atoms with Gasteiger partial charge < -0.3 is 9.90 Å². The van der Waals surface area contributed by atoms with Gasteiger partial charge in [0.1, 0.15) is 6.29 Å². The summed E-state index contributed by atoms with van der Waals surface area (Å²) >= 11 is 0. The minimum absolute atomic E-state index is 0.333. The highest BCUT2D eigenvalue weighted by molar-refractivity contribution is 5.48. The van der Waals surface area contributed by atoms with Crippen molar-refractivity contribution in [2.75, 3.05) is 0 Å².